The van der Waals surface area contributed by atoms with Crippen LogP contribution in [0.2, 0.25) is 0 Å². The van der Waals surface area contributed by atoms with Crippen molar-refractivity contribution in [3.63, 3.8) is 0 Å². The van der Waals surface area contributed by atoms with Crippen LogP contribution in [-0.2, 0) is 4.79 Å². The van der Waals surface area contributed by atoms with Crippen LogP contribution in [0.4, 0.5) is 0 Å². The van der Waals surface area contributed by atoms with E-state index < -0.39 is 17.9 Å². The normalized spacial score (nSPS) is 11.7. The van der Waals surface area contributed by atoms with E-state index in [1.54, 1.807) is 38.1 Å². The summed E-state index contributed by atoms with van der Waals surface area (Å²) in [7, 11) is 0. The quantitative estimate of drug-likeness (QED) is 0.784. The maximum absolute atomic E-state index is 12.2. The van der Waals surface area contributed by atoms with Crippen LogP contribution >= 0.6 is 11.8 Å². The fourth-order valence-electron chi connectivity index (χ4n) is 1.62. The first-order chi connectivity index (χ1) is 9.47. The first-order valence-corrected chi connectivity index (χ1v) is 7.08. The van der Waals surface area contributed by atoms with Crippen LogP contribution in [0, 0.1) is 17.2 Å². The maximum atomic E-state index is 12.2. The van der Waals surface area contributed by atoms with Gasteiger partial charge in [0.15, 0.2) is 0 Å². The molecule has 1 unspecified atom stereocenters. The van der Waals surface area contributed by atoms with Gasteiger partial charge in [-0.25, -0.2) is 4.79 Å². The molecule has 0 radical (unpaired) electrons. The van der Waals surface area contributed by atoms with Crippen molar-refractivity contribution < 1.29 is 14.7 Å². The molecule has 0 saturated heterocycles. The van der Waals surface area contributed by atoms with E-state index in [2.05, 4.69) is 5.32 Å². The lowest BCUT2D eigenvalue weighted by atomic mass is 10.0. The number of nitriles is 1. The van der Waals surface area contributed by atoms with E-state index in [1.807, 2.05) is 6.07 Å². The smallest absolute Gasteiger partial charge is 0.326 e. The molecular weight excluding hydrogens is 276 g/mol. The Balaban J connectivity index is 2.92. The van der Waals surface area contributed by atoms with E-state index >= 15 is 0 Å². The average Bonchev–Trinajstić information content (AvgIpc) is 2.41. The van der Waals surface area contributed by atoms with Crippen LogP contribution in [0.3, 0.4) is 0 Å². The molecule has 1 amide bonds. The molecule has 106 valence electrons. The lowest BCUT2D eigenvalue weighted by Crippen LogP contribution is -2.44. The van der Waals surface area contributed by atoms with Crippen molar-refractivity contribution in [2.24, 2.45) is 5.92 Å². The van der Waals surface area contributed by atoms with Crippen LogP contribution < -0.4 is 5.32 Å². The Kier molecular flexibility index (Phi) is 6.07. The second kappa shape index (κ2) is 7.56. The monoisotopic (exact) mass is 292 g/mol. The molecule has 5 nitrogen and oxygen atoms in total. The number of benzene rings is 1. The molecule has 0 aromatic heterocycles. The third-order valence-corrected chi connectivity index (χ3v) is 3.58. The number of rotatable bonds is 6. The Labute approximate surface area is 122 Å². The molecule has 0 aliphatic rings. The Morgan fingerprint density at radius 1 is 1.40 bits per heavy atom. The fourth-order valence-corrected chi connectivity index (χ4v) is 2.33. The van der Waals surface area contributed by atoms with E-state index in [-0.39, 0.29) is 11.7 Å². The Morgan fingerprint density at radius 3 is 2.60 bits per heavy atom. The Bertz CT molecular complexity index is 537. The van der Waals surface area contributed by atoms with E-state index in [0.29, 0.717) is 10.5 Å². The third kappa shape index (κ3) is 4.28. The minimum Gasteiger partial charge on any atom is -0.480 e. The molecule has 0 spiro atoms. The zero-order valence-corrected chi connectivity index (χ0v) is 12.1. The summed E-state index contributed by atoms with van der Waals surface area (Å²) >= 11 is 1.25. The van der Waals surface area contributed by atoms with E-state index in [4.69, 9.17) is 10.4 Å². The number of nitrogens with zero attached hydrogens (tertiary/aromatic N) is 1. The molecule has 0 heterocycles. The standard InChI is InChI=1S/C14H16N2O3S/c1-9(2)12(14(18)19)16-13(17)10-5-3-4-6-11(10)20-8-7-15/h3-6,9,12H,8H2,1-2H3,(H,16,17)(H,18,19). The van der Waals surface area contributed by atoms with Gasteiger partial charge in [0.05, 0.1) is 17.4 Å². The summed E-state index contributed by atoms with van der Waals surface area (Å²) in [5.41, 5.74) is 0.389. The number of nitrogens with one attached hydrogen (secondary N) is 1. The minimum atomic E-state index is -1.06. The molecule has 0 aliphatic heterocycles. The summed E-state index contributed by atoms with van der Waals surface area (Å²) in [6.07, 6.45) is 0. The topological polar surface area (TPSA) is 90.2 Å². The van der Waals surface area contributed by atoms with Crippen molar-refractivity contribution in [1.82, 2.24) is 5.32 Å². The van der Waals surface area contributed by atoms with Gasteiger partial charge in [0.2, 0.25) is 0 Å². The molecule has 0 aliphatic carbocycles. The summed E-state index contributed by atoms with van der Waals surface area (Å²) in [5, 5.41) is 20.2. The van der Waals surface area contributed by atoms with Gasteiger partial charge < -0.3 is 10.4 Å². The fraction of sp³-hybridized carbons (Fsp3) is 0.357. The van der Waals surface area contributed by atoms with Gasteiger partial charge in [-0.05, 0) is 18.1 Å². The van der Waals surface area contributed by atoms with Crippen molar-refractivity contribution in [2.45, 2.75) is 24.8 Å². The summed E-state index contributed by atoms with van der Waals surface area (Å²) in [4.78, 5) is 23.9. The van der Waals surface area contributed by atoms with Crippen LogP contribution in [0.15, 0.2) is 29.2 Å². The average molecular weight is 292 g/mol. The van der Waals surface area contributed by atoms with Crippen LogP contribution in [0.25, 0.3) is 0 Å². The number of amides is 1. The number of carboxylic acids is 1. The van der Waals surface area contributed by atoms with Gasteiger partial charge in [-0.15, -0.1) is 11.8 Å². The summed E-state index contributed by atoms with van der Waals surface area (Å²) < 4.78 is 0. The molecule has 0 fully saturated rings. The largest absolute Gasteiger partial charge is 0.480 e. The number of hydrogen-bond donors (Lipinski definition) is 2. The zero-order valence-electron chi connectivity index (χ0n) is 11.3. The highest BCUT2D eigenvalue weighted by Crippen LogP contribution is 2.22. The second-order valence-electron chi connectivity index (χ2n) is 4.48. The third-order valence-electron chi connectivity index (χ3n) is 2.64. The summed E-state index contributed by atoms with van der Waals surface area (Å²) in [5.74, 6) is -1.48. The van der Waals surface area contributed by atoms with Crippen molar-refractivity contribution >= 4 is 23.6 Å². The predicted octanol–water partition coefficient (Wildman–Crippen LogP) is 2.14. The van der Waals surface area contributed by atoms with Crippen molar-refractivity contribution in [3.8, 4) is 6.07 Å². The van der Waals surface area contributed by atoms with Crippen LogP contribution in [0.1, 0.15) is 24.2 Å². The molecule has 1 rings (SSSR count). The highest BCUT2D eigenvalue weighted by molar-refractivity contribution is 7.99. The predicted molar refractivity (Wildman–Crippen MR) is 76.5 cm³/mol. The zero-order chi connectivity index (χ0) is 15.1. The van der Waals surface area contributed by atoms with E-state index in [1.165, 1.54) is 11.8 Å². The Hall–Kier alpha value is -2.00. The Morgan fingerprint density at radius 2 is 2.05 bits per heavy atom. The van der Waals surface area contributed by atoms with Gasteiger partial charge in [0.25, 0.3) is 5.91 Å². The molecule has 0 bridgehead atoms. The second-order valence-corrected chi connectivity index (χ2v) is 5.49. The lowest BCUT2D eigenvalue weighted by Gasteiger charge is -2.18. The van der Waals surface area contributed by atoms with Gasteiger partial charge in [-0.2, -0.15) is 5.26 Å². The molecule has 20 heavy (non-hydrogen) atoms. The van der Waals surface area contributed by atoms with Crippen LogP contribution in [-0.4, -0.2) is 28.8 Å². The summed E-state index contributed by atoms with van der Waals surface area (Å²) in [6.45, 7) is 3.46. The van der Waals surface area contributed by atoms with Gasteiger partial charge in [0.1, 0.15) is 6.04 Å². The molecule has 6 heteroatoms. The van der Waals surface area contributed by atoms with Crippen molar-refractivity contribution in [1.29, 1.82) is 5.26 Å². The molecule has 1 atom stereocenters. The first-order valence-electron chi connectivity index (χ1n) is 6.09. The van der Waals surface area contributed by atoms with Gasteiger partial charge >= 0.3 is 5.97 Å². The molecule has 1 aromatic carbocycles. The maximum Gasteiger partial charge on any atom is 0.326 e. The van der Waals surface area contributed by atoms with Gasteiger partial charge in [-0.3, -0.25) is 4.79 Å². The van der Waals surface area contributed by atoms with Gasteiger partial charge in [-0.1, -0.05) is 26.0 Å². The number of carbonyl (C=O) groups excluding carboxylic acids is 1. The highest BCUT2D eigenvalue weighted by atomic mass is 32.2. The number of thioether (sulfide) groups is 1. The first kappa shape index (κ1) is 16.1. The molecular formula is C14H16N2O3S. The number of carboxylic acid groups (broad SMARTS) is 1. The van der Waals surface area contributed by atoms with E-state index in [9.17, 15) is 9.59 Å². The number of aliphatic carboxylic acids is 1. The minimum absolute atomic E-state index is 0.213. The van der Waals surface area contributed by atoms with Crippen molar-refractivity contribution in [2.75, 3.05) is 5.75 Å². The summed E-state index contributed by atoms with van der Waals surface area (Å²) in [6, 6.07) is 7.90. The molecule has 2 N–H and O–H groups in total. The highest BCUT2D eigenvalue weighted by Gasteiger charge is 2.24. The van der Waals surface area contributed by atoms with Crippen molar-refractivity contribution in [3.05, 3.63) is 29.8 Å². The van der Waals surface area contributed by atoms with Gasteiger partial charge in [0, 0.05) is 4.90 Å². The molecule has 0 saturated carbocycles. The SMILES string of the molecule is CC(C)C(NC(=O)c1ccccc1SCC#N)C(=O)O. The lowest BCUT2D eigenvalue weighted by molar-refractivity contribution is -0.140. The number of carbonyl (C=O) groups is 2. The van der Waals surface area contributed by atoms with E-state index in [0.717, 1.165) is 0 Å². The van der Waals surface area contributed by atoms with Crippen LogP contribution in [0.5, 0.6) is 0 Å². The molecule has 1 aromatic rings. The number of hydrogen-bond acceptors (Lipinski definition) is 4.